The molecule has 0 saturated carbocycles. The molecule has 44 valence electrons. The molecule has 6 heteroatoms. The molecule has 0 aliphatic carbocycles. The summed E-state index contributed by atoms with van der Waals surface area (Å²) in [4.78, 5) is 0. The molecule has 0 amide bonds. The molecule has 0 spiro atoms. The molecule has 0 heterocycles. The summed E-state index contributed by atoms with van der Waals surface area (Å²) in [5.74, 6) is 0. The molecule has 0 aromatic carbocycles. The molecule has 0 aliphatic heterocycles. The van der Waals surface area contributed by atoms with Crippen molar-refractivity contribution in [1.82, 2.24) is 0 Å². The van der Waals surface area contributed by atoms with Gasteiger partial charge in [-0.05, 0) is 0 Å². The second-order valence-corrected chi connectivity index (χ2v) is 0.922. The van der Waals surface area contributed by atoms with Gasteiger partial charge in [0.05, 0.1) is 0 Å². The van der Waals surface area contributed by atoms with E-state index in [-0.39, 0.29) is 43.4 Å². The fourth-order valence-electron chi connectivity index (χ4n) is 0. The van der Waals surface area contributed by atoms with E-state index in [2.05, 4.69) is 0 Å². The summed E-state index contributed by atoms with van der Waals surface area (Å²) < 4.78 is 25.7. The van der Waals surface area contributed by atoms with Crippen molar-refractivity contribution < 1.29 is 70.2 Å². The molecule has 0 fully saturated rings. The predicted molar refractivity (Wildman–Crippen MR) is 1.37 cm³/mol. The van der Waals surface area contributed by atoms with Crippen LogP contribution in [0.1, 0.15) is 0 Å². The van der Waals surface area contributed by atoms with Gasteiger partial charge in [0.1, 0.15) is 0 Å². The quantitative estimate of drug-likeness (QED) is 0.467. The monoisotopic (exact) mass is 401 g/mol. The Kier molecular flexibility index (Phi) is 25.5. The van der Waals surface area contributed by atoms with Gasteiger partial charge in [-0.3, -0.25) is 0 Å². The Morgan fingerprint density at radius 3 is 1.33 bits per heavy atom. The summed E-state index contributed by atoms with van der Waals surface area (Å²) in [6.45, 7) is 0. The zero-order valence-corrected chi connectivity index (χ0v) is 7.44. The zero-order chi connectivity index (χ0) is 3.58. The van der Waals surface area contributed by atoms with Crippen molar-refractivity contribution in [2.24, 2.45) is 0 Å². The van der Waals surface area contributed by atoms with Crippen LogP contribution in [0.4, 0.5) is 0 Å². The fraction of sp³-hybridized carbons (Fsp3) is 0. The molecule has 0 aliphatic rings. The van der Waals surface area contributed by atoms with E-state index < -0.39 is 15.4 Å². The van der Waals surface area contributed by atoms with E-state index in [0.717, 1.165) is 0 Å². The first-order valence-corrected chi connectivity index (χ1v) is 2.26. The van der Waals surface area contributed by atoms with Gasteiger partial charge in [0.25, 0.3) is 0 Å². The molecule has 0 bridgehead atoms. The zero-order valence-electron chi connectivity index (χ0n) is 2.29. The van der Waals surface area contributed by atoms with Crippen LogP contribution in [0.2, 0.25) is 0 Å². The molecule has 6 heavy (non-hydrogen) atoms. The third-order valence-electron chi connectivity index (χ3n) is 0. The van der Waals surface area contributed by atoms with E-state index in [1.165, 1.54) is 0 Å². The largest absolute Gasteiger partial charge is 0 e. The first kappa shape index (κ1) is 15.6. The molecule has 0 atom stereocenters. The number of hydrogen-bond acceptors (Lipinski definition) is 3. The maximum atomic E-state index is 8.56. The number of rotatable bonds is 0. The first-order chi connectivity index (χ1) is 1.73. The molecule has 0 aromatic heterocycles. The average molecular weight is 402 g/mol. The Labute approximate surface area is 69.6 Å². The Hall–Kier alpha value is 1.57. The minimum Gasteiger partial charge on any atom is 0 e. The van der Waals surface area contributed by atoms with E-state index in [1.807, 2.05) is 0 Å². The van der Waals surface area contributed by atoms with Crippen LogP contribution >= 0.6 is 0 Å². The summed E-state index contributed by atoms with van der Waals surface area (Å²) in [5.41, 5.74) is 0. The van der Waals surface area contributed by atoms with Crippen molar-refractivity contribution >= 4 is 0 Å². The van der Waals surface area contributed by atoms with Crippen molar-refractivity contribution in [2.75, 3.05) is 0 Å². The van der Waals surface area contributed by atoms with Crippen LogP contribution in [-0.4, -0.2) is 0 Å². The number of hydrogen-bond donors (Lipinski definition) is 0. The van der Waals surface area contributed by atoms with Crippen molar-refractivity contribution in [3.63, 3.8) is 0 Å². The van der Waals surface area contributed by atoms with Gasteiger partial charge in [-0.15, -0.1) is 0 Å². The third-order valence-corrected chi connectivity index (χ3v) is 0. The third kappa shape index (κ3) is 47.1. The molecular formula is AgO3PtV. The van der Waals surface area contributed by atoms with Crippen LogP contribution in [0.3, 0.4) is 0 Å². The van der Waals surface area contributed by atoms with Crippen LogP contribution in [0.5, 0.6) is 0 Å². The van der Waals surface area contributed by atoms with Crippen molar-refractivity contribution in [3.8, 4) is 0 Å². The van der Waals surface area contributed by atoms with Gasteiger partial charge in [-0.25, -0.2) is 0 Å². The minimum absolute atomic E-state index is 0. The maximum absolute atomic E-state index is 8.56. The summed E-state index contributed by atoms with van der Waals surface area (Å²) in [7, 11) is 0. The first-order valence-electron chi connectivity index (χ1n) is 0.548. The van der Waals surface area contributed by atoms with Gasteiger partial charge in [0.2, 0.25) is 0 Å². The molecule has 0 radical (unpaired) electrons. The van der Waals surface area contributed by atoms with Crippen LogP contribution in [-0.2, 0) is 66.2 Å². The minimum atomic E-state index is -3.94. The van der Waals surface area contributed by atoms with E-state index in [4.69, 9.17) is 11.4 Å². The Balaban J connectivity index is -0.0000000450. The second-order valence-electron chi connectivity index (χ2n) is 0.224. The van der Waals surface area contributed by atoms with Crippen molar-refractivity contribution in [3.05, 3.63) is 0 Å². The summed E-state index contributed by atoms with van der Waals surface area (Å²) >= 11 is -3.94. The van der Waals surface area contributed by atoms with Crippen molar-refractivity contribution in [1.29, 1.82) is 0 Å². The Morgan fingerprint density at radius 1 is 1.33 bits per heavy atom. The Morgan fingerprint density at radius 2 is 1.33 bits per heavy atom. The SMILES string of the molecule is [Ag+].[O]=[V](=[O])[O-].[Pt]. The second kappa shape index (κ2) is 9.76. The molecule has 0 aromatic rings. The van der Waals surface area contributed by atoms with Crippen molar-refractivity contribution in [2.45, 2.75) is 0 Å². The molecular weight excluding hydrogens is 402 g/mol. The Bertz CT molecular complexity index is 59.2. The van der Waals surface area contributed by atoms with Crippen LogP contribution in [0.25, 0.3) is 0 Å². The maximum Gasteiger partial charge on any atom is 0 e. The molecule has 3 nitrogen and oxygen atoms in total. The molecule has 0 saturated heterocycles. The van der Waals surface area contributed by atoms with Gasteiger partial charge in [-0.1, -0.05) is 0 Å². The van der Waals surface area contributed by atoms with Crippen LogP contribution in [0, 0.1) is 0 Å². The normalized spacial score (nSPS) is 4.17. The van der Waals surface area contributed by atoms with E-state index in [9.17, 15) is 0 Å². The average Bonchev–Trinajstić information content (AvgIpc) is 0.811. The summed E-state index contributed by atoms with van der Waals surface area (Å²) in [6, 6.07) is 0. The topological polar surface area (TPSA) is 57.2 Å². The van der Waals surface area contributed by atoms with Gasteiger partial charge < -0.3 is 0 Å². The van der Waals surface area contributed by atoms with E-state index in [0.29, 0.717) is 0 Å². The van der Waals surface area contributed by atoms with E-state index in [1.54, 1.807) is 0 Å². The molecule has 0 unspecified atom stereocenters. The van der Waals surface area contributed by atoms with Crippen LogP contribution in [0.15, 0.2) is 0 Å². The molecule has 0 rings (SSSR count). The van der Waals surface area contributed by atoms with Crippen LogP contribution < -0.4 is 4.03 Å². The summed E-state index contributed by atoms with van der Waals surface area (Å²) in [5, 5.41) is 0. The molecule has 0 N–H and O–H groups in total. The van der Waals surface area contributed by atoms with E-state index >= 15 is 0 Å². The fourth-order valence-corrected chi connectivity index (χ4v) is 0. The smallest absolute Gasteiger partial charge is 0 e. The van der Waals surface area contributed by atoms with Gasteiger partial charge in [0.15, 0.2) is 0 Å². The predicted octanol–water partition coefficient (Wildman–Crippen LogP) is -1.43. The summed E-state index contributed by atoms with van der Waals surface area (Å²) in [6.07, 6.45) is 0. The standard InChI is InChI=1S/Ag.3O.Pt.V/q+1;;;-1;;. The van der Waals surface area contributed by atoms with Gasteiger partial charge in [0, 0.05) is 21.1 Å². The van der Waals surface area contributed by atoms with Gasteiger partial charge in [-0.2, -0.15) is 0 Å². The van der Waals surface area contributed by atoms with Gasteiger partial charge >= 0.3 is 49.2 Å².